The minimum Gasteiger partial charge on any atom is -0.379 e. The van der Waals surface area contributed by atoms with Gasteiger partial charge >= 0.3 is 0 Å². The van der Waals surface area contributed by atoms with Crippen LogP contribution in [0.4, 0.5) is 21.5 Å². The number of rotatable bonds is 7. The molecule has 0 aliphatic heterocycles. The number of nitro benzene ring substituents is 1. The molecular weight excluding hydrogens is 301 g/mol. The van der Waals surface area contributed by atoms with Crippen LogP contribution in [0.25, 0.3) is 0 Å². The van der Waals surface area contributed by atoms with Crippen molar-refractivity contribution in [1.82, 2.24) is 0 Å². The molecule has 0 aliphatic carbocycles. The summed E-state index contributed by atoms with van der Waals surface area (Å²) in [6, 6.07) is 11.9. The SMILES string of the molecule is O=C(CCCNc1ccccc1[N+](=O)[O-])Nc1ccc(F)cc1. The number of carbonyl (C=O) groups excluding carboxylic acids is 1. The summed E-state index contributed by atoms with van der Waals surface area (Å²) in [6.45, 7) is 0.432. The number of nitrogens with one attached hydrogen (secondary N) is 2. The number of benzene rings is 2. The van der Waals surface area contributed by atoms with Gasteiger partial charge in [0.1, 0.15) is 11.5 Å². The Hall–Kier alpha value is -2.96. The molecule has 0 bridgehead atoms. The number of anilines is 2. The number of halogens is 1. The number of hydrogen-bond donors (Lipinski definition) is 2. The lowest BCUT2D eigenvalue weighted by molar-refractivity contribution is -0.384. The fourth-order valence-electron chi connectivity index (χ4n) is 2.01. The second-order valence-electron chi connectivity index (χ2n) is 4.86. The molecule has 2 N–H and O–H groups in total. The first-order valence-electron chi connectivity index (χ1n) is 7.09. The molecule has 0 fully saturated rings. The van der Waals surface area contributed by atoms with E-state index in [1.54, 1.807) is 18.2 Å². The molecule has 0 spiro atoms. The summed E-state index contributed by atoms with van der Waals surface area (Å²) >= 11 is 0. The topological polar surface area (TPSA) is 84.3 Å². The van der Waals surface area contributed by atoms with E-state index >= 15 is 0 Å². The fourth-order valence-corrected chi connectivity index (χ4v) is 2.01. The molecule has 0 saturated carbocycles. The maximum atomic E-state index is 12.8. The van der Waals surface area contributed by atoms with Gasteiger partial charge in [0.25, 0.3) is 5.69 Å². The molecule has 0 aromatic heterocycles. The maximum absolute atomic E-state index is 12.8. The van der Waals surface area contributed by atoms with Crippen LogP contribution >= 0.6 is 0 Å². The molecule has 2 aromatic rings. The summed E-state index contributed by atoms with van der Waals surface area (Å²) in [6.07, 6.45) is 0.768. The van der Waals surface area contributed by atoms with Crippen LogP contribution in [0.15, 0.2) is 48.5 Å². The van der Waals surface area contributed by atoms with Gasteiger partial charge in [0, 0.05) is 24.7 Å². The highest BCUT2D eigenvalue weighted by molar-refractivity contribution is 5.90. The molecule has 2 rings (SSSR count). The average molecular weight is 317 g/mol. The van der Waals surface area contributed by atoms with Crippen molar-refractivity contribution in [2.24, 2.45) is 0 Å². The molecular formula is C16H16FN3O3. The van der Waals surface area contributed by atoms with Gasteiger partial charge in [-0.1, -0.05) is 12.1 Å². The Morgan fingerprint density at radius 1 is 1.13 bits per heavy atom. The molecule has 0 heterocycles. The van der Waals surface area contributed by atoms with Crippen LogP contribution in [0, 0.1) is 15.9 Å². The van der Waals surface area contributed by atoms with E-state index in [-0.39, 0.29) is 23.8 Å². The van der Waals surface area contributed by atoms with Crippen molar-refractivity contribution in [2.45, 2.75) is 12.8 Å². The molecule has 0 saturated heterocycles. The lowest BCUT2D eigenvalue weighted by Gasteiger charge is -2.07. The highest BCUT2D eigenvalue weighted by atomic mass is 19.1. The van der Waals surface area contributed by atoms with Crippen molar-refractivity contribution in [3.63, 3.8) is 0 Å². The maximum Gasteiger partial charge on any atom is 0.292 e. The van der Waals surface area contributed by atoms with Crippen LogP contribution in [-0.2, 0) is 4.79 Å². The van der Waals surface area contributed by atoms with Crippen molar-refractivity contribution in [3.8, 4) is 0 Å². The summed E-state index contributed by atoms with van der Waals surface area (Å²) in [4.78, 5) is 22.2. The third kappa shape index (κ3) is 5.06. The second-order valence-corrected chi connectivity index (χ2v) is 4.86. The molecule has 0 unspecified atom stereocenters. The standard InChI is InChI=1S/C16H16FN3O3/c17-12-7-9-13(10-8-12)19-16(21)6-3-11-18-14-4-1-2-5-15(14)20(22)23/h1-2,4-5,7-10,18H,3,6,11H2,(H,19,21). The summed E-state index contributed by atoms with van der Waals surface area (Å²) in [5, 5.41) is 16.5. The lowest BCUT2D eigenvalue weighted by atomic mass is 10.2. The number of carbonyl (C=O) groups is 1. The monoisotopic (exact) mass is 317 g/mol. The Kier molecular flexibility index (Phi) is 5.62. The highest BCUT2D eigenvalue weighted by Crippen LogP contribution is 2.23. The van der Waals surface area contributed by atoms with Gasteiger partial charge in [0.2, 0.25) is 5.91 Å². The molecule has 2 aromatic carbocycles. The van der Waals surface area contributed by atoms with Crippen molar-refractivity contribution >= 4 is 23.0 Å². The smallest absolute Gasteiger partial charge is 0.292 e. The largest absolute Gasteiger partial charge is 0.379 e. The van der Waals surface area contributed by atoms with Gasteiger partial charge < -0.3 is 10.6 Å². The van der Waals surface area contributed by atoms with Crippen LogP contribution in [0.3, 0.4) is 0 Å². The Morgan fingerprint density at radius 3 is 2.52 bits per heavy atom. The second kappa shape index (κ2) is 7.88. The lowest BCUT2D eigenvalue weighted by Crippen LogP contribution is -2.13. The first-order valence-corrected chi connectivity index (χ1v) is 7.09. The number of hydrogen-bond acceptors (Lipinski definition) is 4. The summed E-state index contributed by atoms with van der Waals surface area (Å²) < 4.78 is 12.8. The van der Waals surface area contributed by atoms with E-state index in [0.717, 1.165) is 0 Å². The minimum absolute atomic E-state index is 0.00302. The molecule has 0 radical (unpaired) electrons. The van der Waals surface area contributed by atoms with Crippen LogP contribution < -0.4 is 10.6 Å². The summed E-state index contributed by atoms with van der Waals surface area (Å²) in [7, 11) is 0. The van der Waals surface area contributed by atoms with Gasteiger partial charge in [-0.05, 0) is 36.8 Å². The molecule has 7 heteroatoms. The van der Waals surface area contributed by atoms with Crippen LogP contribution in [0.5, 0.6) is 0 Å². The van der Waals surface area contributed by atoms with Gasteiger partial charge in [-0.25, -0.2) is 4.39 Å². The van der Waals surface area contributed by atoms with E-state index in [4.69, 9.17) is 0 Å². The van der Waals surface area contributed by atoms with Gasteiger partial charge in [-0.15, -0.1) is 0 Å². The summed E-state index contributed by atoms with van der Waals surface area (Å²) in [5.74, 6) is -0.558. The van der Waals surface area contributed by atoms with Crippen LogP contribution in [0.1, 0.15) is 12.8 Å². The third-order valence-corrected chi connectivity index (χ3v) is 3.12. The van der Waals surface area contributed by atoms with Crippen molar-refractivity contribution in [3.05, 3.63) is 64.5 Å². The van der Waals surface area contributed by atoms with E-state index < -0.39 is 4.92 Å². The molecule has 120 valence electrons. The fraction of sp³-hybridized carbons (Fsp3) is 0.188. The normalized spacial score (nSPS) is 10.1. The number of nitro groups is 1. The number of nitrogens with zero attached hydrogens (tertiary/aromatic N) is 1. The van der Waals surface area contributed by atoms with E-state index in [1.165, 1.54) is 30.3 Å². The zero-order valence-corrected chi connectivity index (χ0v) is 12.3. The highest BCUT2D eigenvalue weighted by Gasteiger charge is 2.11. The molecule has 6 nitrogen and oxygen atoms in total. The van der Waals surface area contributed by atoms with Crippen molar-refractivity contribution in [2.75, 3.05) is 17.2 Å². The molecule has 0 atom stereocenters. The average Bonchev–Trinajstić information content (AvgIpc) is 2.54. The Morgan fingerprint density at radius 2 is 1.83 bits per heavy atom. The van der Waals surface area contributed by atoms with E-state index in [0.29, 0.717) is 24.3 Å². The van der Waals surface area contributed by atoms with Crippen molar-refractivity contribution in [1.29, 1.82) is 0 Å². The Labute approximate surface area is 132 Å². The number of para-hydroxylation sites is 2. The predicted molar refractivity (Wildman–Crippen MR) is 85.8 cm³/mol. The first kappa shape index (κ1) is 16.4. The molecule has 1 amide bonds. The summed E-state index contributed by atoms with van der Waals surface area (Å²) in [5.41, 5.74) is 0.961. The van der Waals surface area contributed by atoms with Gasteiger partial charge in [-0.2, -0.15) is 0 Å². The van der Waals surface area contributed by atoms with E-state index in [2.05, 4.69) is 10.6 Å². The van der Waals surface area contributed by atoms with Crippen molar-refractivity contribution < 1.29 is 14.1 Å². The van der Waals surface area contributed by atoms with Crippen LogP contribution in [0.2, 0.25) is 0 Å². The molecule has 0 aliphatic rings. The number of amides is 1. The minimum atomic E-state index is -0.455. The quantitative estimate of drug-likeness (QED) is 0.464. The Balaban J connectivity index is 1.76. The zero-order chi connectivity index (χ0) is 16.7. The zero-order valence-electron chi connectivity index (χ0n) is 12.3. The predicted octanol–water partition coefficient (Wildman–Crippen LogP) is 3.56. The van der Waals surface area contributed by atoms with E-state index in [1.807, 2.05) is 0 Å². The van der Waals surface area contributed by atoms with Gasteiger partial charge in [0.05, 0.1) is 4.92 Å². The molecule has 23 heavy (non-hydrogen) atoms. The van der Waals surface area contributed by atoms with Gasteiger partial charge in [-0.3, -0.25) is 14.9 Å². The first-order chi connectivity index (χ1) is 11.1. The Bertz CT molecular complexity index is 689. The van der Waals surface area contributed by atoms with E-state index in [9.17, 15) is 19.3 Å². The van der Waals surface area contributed by atoms with Crippen LogP contribution in [-0.4, -0.2) is 17.4 Å². The third-order valence-electron chi connectivity index (χ3n) is 3.12. The van der Waals surface area contributed by atoms with Gasteiger partial charge in [0.15, 0.2) is 0 Å².